The molecule has 0 aliphatic carbocycles. The molecule has 0 fully saturated rings. The van der Waals surface area contributed by atoms with Crippen molar-refractivity contribution in [3.8, 4) is 0 Å². The largest absolute Gasteiger partial charge is 0.480 e. The molecule has 5 heteroatoms. The molecular formula is C9H6Cl2O3. The molecule has 0 saturated heterocycles. The van der Waals surface area contributed by atoms with Gasteiger partial charge in [0.1, 0.15) is 12.2 Å². The highest BCUT2D eigenvalue weighted by atomic mass is 35.5. The molecule has 3 nitrogen and oxygen atoms in total. The molecule has 0 aromatic heterocycles. The van der Waals surface area contributed by atoms with E-state index in [0.717, 1.165) is 0 Å². The molecule has 0 aliphatic rings. The summed E-state index contributed by atoms with van der Waals surface area (Å²) in [4.78, 5) is 21.1. The van der Waals surface area contributed by atoms with Crippen LogP contribution >= 0.6 is 23.2 Å². The van der Waals surface area contributed by atoms with Crippen molar-refractivity contribution in [1.82, 2.24) is 0 Å². The molecule has 1 rings (SSSR count). The number of benzene rings is 1. The number of carbonyl (C=O) groups excluding carboxylic acids is 1. The second kappa shape index (κ2) is 4.44. The fourth-order valence-corrected chi connectivity index (χ4v) is 1.58. The van der Waals surface area contributed by atoms with E-state index in [1.165, 1.54) is 18.2 Å². The monoisotopic (exact) mass is 232 g/mol. The lowest BCUT2D eigenvalue weighted by atomic mass is 10.0. The highest BCUT2D eigenvalue weighted by Crippen LogP contribution is 2.23. The van der Waals surface area contributed by atoms with Crippen molar-refractivity contribution in [2.24, 2.45) is 0 Å². The summed E-state index contributed by atoms with van der Waals surface area (Å²) < 4.78 is 0. The van der Waals surface area contributed by atoms with Gasteiger partial charge in [-0.1, -0.05) is 23.2 Å². The van der Waals surface area contributed by atoms with Crippen molar-refractivity contribution in [2.75, 3.05) is 0 Å². The normalized spacial score (nSPS) is 12.1. The first-order valence-corrected chi connectivity index (χ1v) is 4.44. The van der Waals surface area contributed by atoms with E-state index in [4.69, 9.17) is 28.3 Å². The Bertz CT molecular complexity index is 356. The minimum atomic E-state index is -1.22. The van der Waals surface area contributed by atoms with E-state index in [9.17, 15) is 9.59 Å². The average molecular weight is 233 g/mol. The van der Waals surface area contributed by atoms with E-state index in [1.807, 2.05) is 0 Å². The molecule has 0 aliphatic heterocycles. The van der Waals surface area contributed by atoms with Gasteiger partial charge in [0, 0.05) is 10.0 Å². The van der Waals surface area contributed by atoms with E-state index in [0.29, 0.717) is 16.3 Å². The fourth-order valence-electron chi connectivity index (χ4n) is 1.03. The van der Waals surface area contributed by atoms with Gasteiger partial charge in [0.15, 0.2) is 0 Å². The third kappa shape index (κ3) is 2.47. The molecule has 1 N–H and O–H groups in total. The van der Waals surface area contributed by atoms with E-state index in [1.54, 1.807) is 0 Å². The van der Waals surface area contributed by atoms with Crippen LogP contribution in [-0.4, -0.2) is 17.4 Å². The smallest absolute Gasteiger partial charge is 0.318 e. The zero-order valence-electron chi connectivity index (χ0n) is 6.91. The summed E-state index contributed by atoms with van der Waals surface area (Å²) in [5, 5.41) is 9.30. The van der Waals surface area contributed by atoms with E-state index in [2.05, 4.69) is 0 Å². The summed E-state index contributed by atoms with van der Waals surface area (Å²) in [6.07, 6.45) is 0.338. The minimum Gasteiger partial charge on any atom is -0.480 e. The maximum atomic E-state index is 10.6. The van der Waals surface area contributed by atoms with Crippen LogP contribution in [0.3, 0.4) is 0 Å². The zero-order chi connectivity index (χ0) is 10.7. The van der Waals surface area contributed by atoms with Crippen LogP contribution in [0.25, 0.3) is 0 Å². The van der Waals surface area contributed by atoms with Crippen LogP contribution in [0.4, 0.5) is 0 Å². The number of rotatable bonds is 3. The van der Waals surface area contributed by atoms with Crippen LogP contribution < -0.4 is 0 Å². The molecule has 1 atom stereocenters. The van der Waals surface area contributed by atoms with Gasteiger partial charge in [-0.3, -0.25) is 4.79 Å². The molecule has 0 radical (unpaired) electrons. The van der Waals surface area contributed by atoms with Crippen molar-refractivity contribution >= 4 is 35.5 Å². The number of carbonyl (C=O) groups is 2. The Morgan fingerprint density at radius 2 is 1.79 bits per heavy atom. The average Bonchev–Trinajstić information content (AvgIpc) is 2.02. The Kier molecular flexibility index (Phi) is 3.49. The Balaban J connectivity index is 3.16. The van der Waals surface area contributed by atoms with Crippen LogP contribution in [0.5, 0.6) is 0 Å². The highest BCUT2D eigenvalue weighted by Gasteiger charge is 2.19. The molecule has 0 spiro atoms. The zero-order valence-corrected chi connectivity index (χ0v) is 8.42. The molecular weight excluding hydrogens is 227 g/mol. The summed E-state index contributed by atoms with van der Waals surface area (Å²) in [5.41, 5.74) is 0.282. The standard InChI is InChI=1S/C9H6Cl2O3/c10-6-1-5(2-7(11)3-6)8(4-12)9(13)14/h1-4,8H,(H,13,14). The lowest BCUT2D eigenvalue weighted by Crippen LogP contribution is -2.12. The summed E-state index contributed by atoms with van der Waals surface area (Å²) in [6, 6.07) is 4.28. The molecule has 74 valence electrons. The van der Waals surface area contributed by atoms with Crippen molar-refractivity contribution in [3.05, 3.63) is 33.8 Å². The minimum absolute atomic E-state index is 0.282. The molecule has 1 unspecified atom stereocenters. The van der Waals surface area contributed by atoms with Crippen LogP contribution in [0, 0.1) is 0 Å². The van der Waals surface area contributed by atoms with Crippen molar-refractivity contribution < 1.29 is 14.7 Å². The third-order valence-corrected chi connectivity index (χ3v) is 2.08. The predicted octanol–water partition coefficient (Wildman–Crippen LogP) is 2.36. The van der Waals surface area contributed by atoms with Crippen LogP contribution in [0.1, 0.15) is 11.5 Å². The van der Waals surface area contributed by atoms with Gasteiger partial charge in [0.25, 0.3) is 0 Å². The van der Waals surface area contributed by atoms with Gasteiger partial charge in [-0.05, 0) is 23.8 Å². The van der Waals surface area contributed by atoms with Crippen molar-refractivity contribution in [2.45, 2.75) is 5.92 Å². The summed E-state index contributed by atoms with van der Waals surface area (Å²) in [5.74, 6) is -2.44. The SMILES string of the molecule is O=CC(C(=O)O)c1cc(Cl)cc(Cl)c1. The first kappa shape index (κ1) is 11.0. The van der Waals surface area contributed by atoms with Gasteiger partial charge in [-0.15, -0.1) is 0 Å². The van der Waals surface area contributed by atoms with Crippen molar-refractivity contribution in [1.29, 1.82) is 0 Å². The van der Waals surface area contributed by atoms with Crippen molar-refractivity contribution in [3.63, 3.8) is 0 Å². The van der Waals surface area contributed by atoms with E-state index < -0.39 is 11.9 Å². The van der Waals surface area contributed by atoms with Crippen LogP contribution in [0.2, 0.25) is 10.0 Å². The maximum absolute atomic E-state index is 10.6. The molecule has 14 heavy (non-hydrogen) atoms. The first-order valence-electron chi connectivity index (χ1n) is 3.68. The number of hydrogen-bond acceptors (Lipinski definition) is 2. The fraction of sp³-hybridized carbons (Fsp3) is 0.111. The molecule has 1 aromatic rings. The molecule has 0 saturated carbocycles. The third-order valence-electron chi connectivity index (χ3n) is 1.65. The number of aliphatic carboxylic acids is 1. The Labute approximate surface area is 90.3 Å². The molecule has 0 bridgehead atoms. The van der Waals surface area contributed by atoms with Crippen LogP contribution in [-0.2, 0) is 9.59 Å². The van der Waals surface area contributed by atoms with Gasteiger partial charge in [0.05, 0.1) is 0 Å². The molecule has 0 heterocycles. The Hall–Kier alpha value is -1.06. The van der Waals surface area contributed by atoms with E-state index >= 15 is 0 Å². The summed E-state index contributed by atoms with van der Waals surface area (Å²) in [7, 11) is 0. The topological polar surface area (TPSA) is 54.4 Å². The van der Waals surface area contributed by atoms with E-state index in [-0.39, 0.29) is 5.56 Å². The number of carboxylic acid groups (broad SMARTS) is 1. The number of aldehydes is 1. The number of carboxylic acids is 1. The second-order valence-electron chi connectivity index (χ2n) is 2.65. The van der Waals surface area contributed by atoms with Crippen LogP contribution in [0.15, 0.2) is 18.2 Å². The summed E-state index contributed by atoms with van der Waals surface area (Å²) in [6.45, 7) is 0. The second-order valence-corrected chi connectivity index (χ2v) is 3.53. The van der Waals surface area contributed by atoms with Gasteiger partial charge in [0.2, 0.25) is 0 Å². The quantitative estimate of drug-likeness (QED) is 0.643. The summed E-state index contributed by atoms with van der Waals surface area (Å²) >= 11 is 11.3. The number of halogens is 2. The molecule has 1 aromatic carbocycles. The highest BCUT2D eigenvalue weighted by molar-refractivity contribution is 6.34. The van der Waals surface area contributed by atoms with Gasteiger partial charge in [-0.2, -0.15) is 0 Å². The number of hydrogen-bond donors (Lipinski definition) is 1. The lowest BCUT2D eigenvalue weighted by Gasteiger charge is -2.06. The Morgan fingerprint density at radius 1 is 1.29 bits per heavy atom. The first-order chi connectivity index (χ1) is 6.54. The molecule has 0 amide bonds. The maximum Gasteiger partial charge on any atom is 0.318 e. The lowest BCUT2D eigenvalue weighted by molar-refractivity contribution is -0.140. The Morgan fingerprint density at radius 3 is 2.14 bits per heavy atom. The predicted molar refractivity (Wildman–Crippen MR) is 52.9 cm³/mol. The van der Waals surface area contributed by atoms with Gasteiger partial charge < -0.3 is 9.90 Å². The van der Waals surface area contributed by atoms with Gasteiger partial charge in [-0.25, -0.2) is 0 Å². The van der Waals surface area contributed by atoms with Gasteiger partial charge >= 0.3 is 5.97 Å².